The summed E-state index contributed by atoms with van der Waals surface area (Å²) in [6.07, 6.45) is 1.02. The van der Waals surface area contributed by atoms with Gasteiger partial charge in [-0.2, -0.15) is 0 Å². The monoisotopic (exact) mass is 410 g/mol. The first kappa shape index (κ1) is 21.7. The van der Waals surface area contributed by atoms with Gasteiger partial charge in [0, 0.05) is 31.7 Å². The van der Waals surface area contributed by atoms with E-state index >= 15 is 0 Å². The molecule has 30 heavy (non-hydrogen) atoms. The molecular formula is C24H30N2O4. The lowest BCUT2D eigenvalue weighted by atomic mass is 9.95. The Bertz CT molecular complexity index is 828. The lowest BCUT2D eigenvalue weighted by Gasteiger charge is -2.32. The van der Waals surface area contributed by atoms with Crippen LogP contribution in [0.15, 0.2) is 54.6 Å². The summed E-state index contributed by atoms with van der Waals surface area (Å²) in [5, 5.41) is 0. The molecule has 1 heterocycles. The quantitative estimate of drug-likeness (QED) is 0.676. The van der Waals surface area contributed by atoms with Crippen molar-refractivity contribution in [2.45, 2.75) is 26.7 Å². The maximum Gasteiger partial charge on any atom is 0.409 e. The molecule has 0 radical (unpaired) electrons. The lowest BCUT2D eigenvalue weighted by Crippen LogP contribution is -2.44. The molecule has 0 aromatic heterocycles. The molecule has 0 N–H and O–H groups in total. The van der Waals surface area contributed by atoms with Crippen LogP contribution in [-0.4, -0.2) is 43.6 Å². The second-order valence-corrected chi connectivity index (χ2v) is 8.04. The van der Waals surface area contributed by atoms with Crippen molar-refractivity contribution in [1.29, 1.82) is 0 Å². The summed E-state index contributed by atoms with van der Waals surface area (Å²) in [4.78, 5) is 28.4. The molecule has 2 amide bonds. The highest BCUT2D eigenvalue weighted by molar-refractivity contribution is 5.94. The summed E-state index contributed by atoms with van der Waals surface area (Å²) >= 11 is 0. The van der Waals surface area contributed by atoms with Crippen LogP contribution in [0.4, 0.5) is 10.5 Å². The smallest absolute Gasteiger partial charge is 0.409 e. The summed E-state index contributed by atoms with van der Waals surface area (Å²) in [7, 11) is 1.79. The number of nitrogens with zero attached hydrogens (tertiary/aromatic N) is 2. The Morgan fingerprint density at radius 1 is 1.00 bits per heavy atom. The van der Waals surface area contributed by atoms with Crippen LogP contribution in [0.5, 0.6) is 11.5 Å². The molecule has 0 atom stereocenters. The van der Waals surface area contributed by atoms with Gasteiger partial charge in [-0.25, -0.2) is 4.79 Å². The van der Waals surface area contributed by atoms with Crippen molar-refractivity contribution < 1.29 is 19.1 Å². The zero-order valence-electron chi connectivity index (χ0n) is 17.9. The van der Waals surface area contributed by atoms with E-state index < -0.39 is 0 Å². The Hall–Kier alpha value is -3.02. The number of piperidine rings is 1. The Morgan fingerprint density at radius 2 is 1.60 bits per heavy atom. The minimum absolute atomic E-state index is 0.0712. The number of hydrogen-bond donors (Lipinski definition) is 0. The first-order chi connectivity index (χ1) is 14.4. The zero-order chi connectivity index (χ0) is 21.5. The van der Waals surface area contributed by atoms with E-state index in [4.69, 9.17) is 9.47 Å². The number of benzene rings is 2. The highest BCUT2D eigenvalue weighted by Gasteiger charge is 2.30. The van der Waals surface area contributed by atoms with Crippen LogP contribution in [0.3, 0.4) is 0 Å². The van der Waals surface area contributed by atoms with Gasteiger partial charge in [0.25, 0.3) is 0 Å². The van der Waals surface area contributed by atoms with Crippen molar-refractivity contribution >= 4 is 17.7 Å². The lowest BCUT2D eigenvalue weighted by molar-refractivity contribution is -0.123. The summed E-state index contributed by atoms with van der Waals surface area (Å²) in [6.45, 7) is 5.53. The van der Waals surface area contributed by atoms with Gasteiger partial charge in [0.1, 0.15) is 11.5 Å². The first-order valence-corrected chi connectivity index (χ1v) is 10.5. The number of carbonyl (C=O) groups is 2. The number of carbonyl (C=O) groups excluding carboxylic acids is 2. The Labute approximate surface area is 178 Å². The standard InChI is InChI=1S/C24H30N2O4/c1-18(2)17-29-24(28)26-15-13-19(14-16-26)23(27)25(3)20-9-11-22(12-10-20)30-21-7-5-4-6-8-21/h4-12,18-19H,13-17H2,1-3H3. The molecule has 3 rings (SSSR count). The maximum atomic E-state index is 12.9. The second-order valence-electron chi connectivity index (χ2n) is 8.04. The molecule has 0 bridgehead atoms. The number of amides is 2. The molecule has 0 spiro atoms. The fraction of sp³-hybridized carbons (Fsp3) is 0.417. The number of anilines is 1. The average molecular weight is 411 g/mol. The van der Waals surface area contributed by atoms with Gasteiger partial charge in [-0.3, -0.25) is 4.79 Å². The predicted octanol–water partition coefficient (Wildman–Crippen LogP) is 4.95. The van der Waals surface area contributed by atoms with Crippen LogP contribution in [0.1, 0.15) is 26.7 Å². The van der Waals surface area contributed by atoms with Gasteiger partial charge in [0.2, 0.25) is 5.91 Å². The molecule has 0 saturated carbocycles. The summed E-state index contributed by atoms with van der Waals surface area (Å²) in [6, 6.07) is 17.1. The van der Waals surface area contributed by atoms with Crippen molar-refractivity contribution in [1.82, 2.24) is 4.90 Å². The Morgan fingerprint density at radius 3 is 2.20 bits per heavy atom. The van der Waals surface area contributed by atoms with Gasteiger partial charge in [0.05, 0.1) is 6.61 Å². The average Bonchev–Trinajstić information content (AvgIpc) is 2.78. The van der Waals surface area contributed by atoms with Gasteiger partial charge in [-0.15, -0.1) is 0 Å². The van der Waals surface area contributed by atoms with Gasteiger partial charge in [-0.05, 0) is 55.2 Å². The van der Waals surface area contributed by atoms with E-state index in [9.17, 15) is 9.59 Å². The van der Waals surface area contributed by atoms with Crippen molar-refractivity contribution in [2.24, 2.45) is 11.8 Å². The fourth-order valence-electron chi connectivity index (χ4n) is 3.40. The molecule has 1 aliphatic rings. The van der Waals surface area contributed by atoms with Crippen molar-refractivity contribution in [2.75, 3.05) is 31.6 Å². The van der Waals surface area contributed by atoms with E-state index in [-0.39, 0.29) is 17.9 Å². The molecule has 6 nitrogen and oxygen atoms in total. The molecule has 0 unspecified atom stereocenters. The van der Waals surface area contributed by atoms with Crippen LogP contribution >= 0.6 is 0 Å². The third kappa shape index (κ3) is 5.75. The van der Waals surface area contributed by atoms with E-state index in [1.54, 1.807) is 16.8 Å². The molecule has 2 aromatic carbocycles. The molecule has 1 aliphatic heterocycles. The minimum Gasteiger partial charge on any atom is -0.457 e. The van der Waals surface area contributed by atoms with Crippen molar-refractivity contribution in [3.8, 4) is 11.5 Å². The van der Waals surface area contributed by atoms with E-state index in [0.29, 0.717) is 38.5 Å². The fourth-order valence-corrected chi connectivity index (χ4v) is 3.40. The highest BCUT2D eigenvalue weighted by Crippen LogP contribution is 2.26. The largest absolute Gasteiger partial charge is 0.457 e. The molecule has 2 aromatic rings. The predicted molar refractivity (Wildman–Crippen MR) is 117 cm³/mol. The summed E-state index contributed by atoms with van der Waals surface area (Å²) < 4.78 is 11.1. The zero-order valence-corrected chi connectivity index (χ0v) is 17.9. The molecule has 0 aliphatic carbocycles. The maximum absolute atomic E-state index is 12.9. The van der Waals surface area contributed by atoms with Gasteiger partial charge >= 0.3 is 6.09 Å². The van der Waals surface area contributed by atoms with Crippen LogP contribution in [0.25, 0.3) is 0 Å². The number of likely N-dealkylation sites (tertiary alicyclic amines) is 1. The van der Waals surface area contributed by atoms with Gasteiger partial charge < -0.3 is 19.3 Å². The Kier molecular flexibility index (Phi) is 7.33. The minimum atomic E-state index is -0.281. The molecule has 160 valence electrons. The molecule has 6 heteroatoms. The topological polar surface area (TPSA) is 59.1 Å². The summed E-state index contributed by atoms with van der Waals surface area (Å²) in [5.74, 6) is 1.78. The third-order valence-electron chi connectivity index (χ3n) is 5.18. The van der Waals surface area contributed by atoms with Crippen molar-refractivity contribution in [3.63, 3.8) is 0 Å². The summed E-state index contributed by atoms with van der Waals surface area (Å²) in [5.41, 5.74) is 0.819. The van der Waals surface area contributed by atoms with Crippen LogP contribution < -0.4 is 9.64 Å². The first-order valence-electron chi connectivity index (χ1n) is 10.5. The van der Waals surface area contributed by atoms with Crippen molar-refractivity contribution in [3.05, 3.63) is 54.6 Å². The van der Waals surface area contributed by atoms with Gasteiger partial charge in [0.15, 0.2) is 0 Å². The normalized spacial score (nSPS) is 14.5. The van der Waals surface area contributed by atoms with E-state index in [0.717, 1.165) is 17.2 Å². The Balaban J connectivity index is 1.51. The number of rotatable bonds is 6. The SMILES string of the molecule is CC(C)COC(=O)N1CCC(C(=O)N(C)c2ccc(Oc3ccccc3)cc2)CC1. The van der Waals surface area contributed by atoms with Crippen LogP contribution in [0, 0.1) is 11.8 Å². The number of hydrogen-bond acceptors (Lipinski definition) is 4. The van der Waals surface area contributed by atoms with E-state index in [1.807, 2.05) is 68.4 Å². The number of ether oxygens (including phenoxy) is 2. The molecule has 1 fully saturated rings. The van der Waals surface area contributed by atoms with E-state index in [2.05, 4.69) is 0 Å². The third-order valence-corrected chi connectivity index (χ3v) is 5.18. The van der Waals surface area contributed by atoms with Gasteiger partial charge in [-0.1, -0.05) is 32.0 Å². The van der Waals surface area contributed by atoms with Crippen LogP contribution in [0.2, 0.25) is 0 Å². The molecular weight excluding hydrogens is 380 g/mol. The van der Waals surface area contributed by atoms with E-state index in [1.165, 1.54) is 0 Å². The number of para-hydroxylation sites is 1. The second kappa shape index (κ2) is 10.1. The highest BCUT2D eigenvalue weighted by atomic mass is 16.6. The van der Waals surface area contributed by atoms with Crippen LogP contribution in [-0.2, 0) is 9.53 Å². The molecule has 1 saturated heterocycles.